The van der Waals surface area contributed by atoms with Crippen molar-refractivity contribution < 1.29 is 4.79 Å². The van der Waals surface area contributed by atoms with Crippen molar-refractivity contribution >= 4 is 11.7 Å². The monoisotopic (exact) mass is 328 g/mol. The van der Waals surface area contributed by atoms with Crippen molar-refractivity contribution in [1.29, 1.82) is 0 Å². The van der Waals surface area contributed by atoms with Crippen molar-refractivity contribution in [1.82, 2.24) is 15.1 Å². The predicted molar refractivity (Wildman–Crippen MR) is 96.3 cm³/mol. The number of hydrogen-bond acceptors (Lipinski definition) is 3. The van der Waals surface area contributed by atoms with Crippen molar-refractivity contribution in [3.8, 4) is 0 Å². The zero-order chi connectivity index (χ0) is 16.4. The molecule has 1 aromatic carbocycles. The fourth-order valence-electron chi connectivity index (χ4n) is 4.38. The van der Waals surface area contributed by atoms with Crippen LogP contribution in [-0.2, 0) is 0 Å². The number of piperazine rings is 1. The Morgan fingerprint density at radius 2 is 1.54 bits per heavy atom. The van der Waals surface area contributed by atoms with E-state index in [1.165, 1.54) is 31.6 Å². The molecule has 2 bridgehead atoms. The number of para-hydroxylation sites is 1. The zero-order valence-electron chi connectivity index (χ0n) is 14.4. The van der Waals surface area contributed by atoms with Crippen LogP contribution in [0.2, 0.25) is 0 Å². The number of nitrogens with zero attached hydrogens (tertiary/aromatic N) is 3. The first-order valence-electron chi connectivity index (χ1n) is 9.37. The Labute approximate surface area is 144 Å². The normalized spacial score (nSPS) is 30.1. The fourth-order valence-corrected chi connectivity index (χ4v) is 4.38. The van der Waals surface area contributed by atoms with Gasteiger partial charge in [0, 0.05) is 44.5 Å². The van der Waals surface area contributed by atoms with Gasteiger partial charge in [-0.05, 0) is 50.4 Å². The summed E-state index contributed by atoms with van der Waals surface area (Å²) in [7, 11) is 0. The molecule has 5 heteroatoms. The standard InChI is InChI=1S/C19H28N4O/c24-19(20-18-8-11-21-9-6-16(18)7-10-21)23-14-12-22(13-15-23)17-4-2-1-3-5-17/h1-5,16,18H,6-15H2,(H,20,24). The molecule has 4 aliphatic heterocycles. The quantitative estimate of drug-likeness (QED) is 0.902. The molecule has 24 heavy (non-hydrogen) atoms. The molecule has 5 nitrogen and oxygen atoms in total. The number of piperidine rings is 1. The smallest absolute Gasteiger partial charge is 0.317 e. The average molecular weight is 328 g/mol. The molecule has 4 heterocycles. The number of amides is 2. The first-order valence-corrected chi connectivity index (χ1v) is 9.37. The number of rotatable bonds is 2. The Bertz CT molecular complexity index is 548. The maximum atomic E-state index is 12.7. The van der Waals surface area contributed by atoms with Crippen molar-refractivity contribution in [3.63, 3.8) is 0 Å². The molecule has 0 aromatic heterocycles. The van der Waals surface area contributed by atoms with Crippen LogP contribution in [0.1, 0.15) is 19.3 Å². The summed E-state index contributed by atoms with van der Waals surface area (Å²) in [6.07, 6.45) is 3.60. The maximum Gasteiger partial charge on any atom is 0.317 e. The highest BCUT2D eigenvalue weighted by Gasteiger charge is 2.33. The molecule has 130 valence electrons. The number of hydrogen-bond donors (Lipinski definition) is 1. The highest BCUT2D eigenvalue weighted by atomic mass is 16.2. The minimum atomic E-state index is 0.146. The third-order valence-electron chi connectivity index (χ3n) is 5.95. The number of fused-ring (bicyclic) bond motifs is 4. The van der Waals surface area contributed by atoms with E-state index in [2.05, 4.69) is 39.4 Å². The minimum absolute atomic E-state index is 0.146. The number of urea groups is 1. The number of carbonyl (C=O) groups excluding carboxylic acids is 1. The second kappa shape index (κ2) is 7.01. The maximum absolute atomic E-state index is 12.7. The van der Waals surface area contributed by atoms with Gasteiger partial charge in [-0.3, -0.25) is 0 Å². The lowest BCUT2D eigenvalue weighted by molar-refractivity contribution is 0.180. The largest absolute Gasteiger partial charge is 0.368 e. The molecule has 5 rings (SSSR count). The Balaban J connectivity index is 1.30. The molecule has 1 unspecified atom stereocenters. The van der Waals surface area contributed by atoms with Crippen LogP contribution in [0.3, 0.4) is 0 Å². The molecule has 2 amide bonds. The second-order valence-electron chi connectivity index (χ2n) is 7.33. The number of anilines is 1. The van der Waals surface area contributed by atoms with Gasteiger partial charge in [-0.15, -0.1) is 0 Å². The molecule has 4 aliphatic rings. The lowest BCUT2D eigenvalue weighted by Gasteiger charge is -2.37. The Morgan fingerprint density at radius 3 is 2.25 bits per heavy atom. The van der Waals surface area contributed by atoms with Gasteiger partial charge >= 0.3 is 6.03 Å². The lowest BCUT2D eigenvalue weighted by atomic mass is 9.91. The van der Waals surface area contributed by atoms with E-state index >= 15 is 0 Å². The number of nitrogens with one attached hydrogen (secondary N) is 1. The van der Waals surface area contributed by atoms with Gasteiger partial charge in [0.2, 0.25) is 0 Å². The summed E-state index contributed by atoms with van der Waals surface area (Å²) in [6, 6.07) is 11.0. The van der Waals surface area contributed by atoms with E-state index < -0.39 is 0 Å². The van der Waals surface area contributed by atoms with Crippen molar-refractivity contribution in [2.75, 3.05) is 50.7 Å². The lowest BCUT2D eigenvalue weighted by Crippen LogP contribution is -2.54. The predicted octanol–water partition coefficient (Wildman–Crippen LogP) is 2.00. The summed E-state index contributed by atoms with van der Waals surface area (Å²) in [4.78, 5) is 19.6. The van der Waals surface area contributed by atoms with Crippen molar-refractivity contribution in [3.05, 3.63) is 30.3 Å². The molecule has 0 spiro atoms. The van der Waals surface area contributed by atoms with E-state index in [0.717, 1.165) is 39.1 Å². The van der Waals surface area contributed by atoms with Gasteiger partial charge in [0.25, 0.3) is 0 Å². The minimum Gasteiger partial charge on any atom is -0.368 e. The highest BCUT2D eigenvalue weighted by Crippen LogP contribution is 2.27. The summed E-state index contributed by atoms with van der Waals surface area (Å²) in [5, 5.41) is 3.35. The van der Waals surface area contributed by atoms with Crippen LogP contribution in [0.4, 0.5) is 10.5 Å². The summed E-state index contributed by atoms with van der Waals surface area (Å²) < 4.78 is 0. The molecular formula is C19H28N4O. The molecular weight excluding hydrogens is 300 g/mol. The molecule has 0 radical (unpaired) electrons. The molecule has 4 saturated heterocycles. The van der Waals surface area contributed by atoms with Crippen molar-refractivity contribution in [2.24, 2.45) is 5.92 Å². The highest BCUT2D eigenvalue weighted by molar-refractivity contribution is 5.75. The van der Waals surface area contributed by atoms with Crippen LogP contribution in [-0.4, -0.2) is 67.7 Å². The van der Waals surface area contributed by atoms with Gasteiger partial charge in [0.15, 0.2) is 0 Å². The third kappa shape index (κ3) is 3.36. The molecule has 0 aliphatic carbocycles. The van der Waals surface area contributed by atoms with Crippen molar-refractivity contribution in [2.45, 2.75) is 25.3 Å². The van der Waals surface area contributed by atoms with Crippen LogP contribution in [0.25, 0.3) is 0 Å². The Hall–Kier alpha value is -1.75. The van der Waals surface area contributed by atoms with Crippen LogP contribution in [0, 0.1) is 5.92 Å². The number of carbonyl (C=O) groups is 1. The molecule has 1 atom stereocenters. The van der Waals surface area contributed by atoms with Crippen LogP contribution in [0.15, 0.2) is 30.3 Å². The van der Waals surface area contributed by atoms with E-state index in [1.807, 2.05) is 11.0 Å². The number of benzene rings is 1. The van der Waals surface area contributed by atoms with Gasteiger partial charge in [0.05, 0.1) is 0 Å². The van der Waals surface area contributed by atoms with Gasteiger partial charge in [-0.25, -0.2) is 4.79 Å². The Morgan fingerprint density at radius 1 is 0.875 bits per heavy atom. The third-order valence-corrected chi connectivity index (χ3v) is 5.95. The average Bonchev–Trinajstić information content (AvgIpc) is 2.96. The Kier molecular flexibility index (Phi) is 4.60. The zero-order valence-corrected chi connectivity index (χ0v) is 14.4. The first-order chi connectivity index (χ1) is 11.8. The van der Waals surface area contributed by atoms with Gasteiger partial charge in [0.1, 0.15) is 0 Å². The summed E-state index contributed by atoms with van der Waals surface area (Å²) in [6.45, 7) is 7.02. The molecule has 1 aromatic rings. The topological polar surface area (TPSA) is 38.8 Å². The van der Waals surface area contributed by atoms with Gasteiger partial charge in [-0.2, -0.15) is 0 Å². The van der Waals surface area contributed by atoms with E-state index in [0.29, 0.717) is 12.0 Å². The molecule has 4 fully saturated rings. The van der Waals surface area contributed by atoms with Gasteiger partial charge < -0.3 is 20.0 Å². The SMILES string of the molecule is O=C(NC1CCN2CCC1CC2)N1CCN(c2ccccc2)CC1. The van der Waals surface area contributed by atoms with Crippen LogP contribution in [0.5, 0.6) is 0 Å². The van der Waals surface area contributed by atoms with E-state index in [4.69, 9.17) is 0 Å². The van der Waals surface area contributed by atoms with E-state index in [-0.39, 0.29) is 6.03 Å². The summed E-state index contributed by atoms with van der Waals surface area (Å²) >= 11 is 0. The van der Waals surface area contributed by atoms with Crippen LogP contribution < -0.4 is 10.2 Å². The summed E-state index contributed by atoms with van der Waals surface area (Å²) in [5.74, 6) is 0.679. The van der Waals surface area contributed by atoms with E-state index in [1.54, 1.807) is 0 Å². The molecule has 1 N–H and O–H groups in total. The molecule has 0 saturated carbocycles. The van der Waals surface area contributed by atoms with Crippen LogP contribution >= 0.6 is 0 Å². The van der Waals surface area contributed by atoms with E-state index in [9.17, 15) is 4.79 Å². The van der Waals surface area contributed by atoms with Gasteiger partial charge in [-0.1, -0.05) is 18.2 Å². The fraction of sp³-hybridized carbons (Fsp3) is 0.632. The summed E-state index contributed by atoms with van der Waals surface area (Å²) in [5.41, 5.74) is 1.26. The first kappa shape index (κ1) is 15.8. The second-order valence-corrected chi connectivity index (χ2v) is 7.33.